The lowest BCUT2D eigenvalue weighted by atomic mass is 10.1. The zero-order chi connectivity index (χ0) is 6.97. The van der Waals surface area contributed by atoms with Crippen LogP contribution < -0.4 is 5.32 Å². The van der Waals surface area contributed by atoms with Gasteiger partial charge in [0.05, 0.1) is 0 Å². The topological polar surface area (TPSA) is 14.1 Å². The van der Waals surface area contributed by atoms with E-state index in [1.807, 2.05) is 6.07 Å². The Bertz CT molecular complexity index is 257. The molecule has 0 bridgehead atoms. The molecule has 1 aromatic carbocycles. The van der Waals surface area contributed by atoms with Crippen molar-refractivity contribution in [3.8, 4) is 0 Å². The van der Waals surface area contributed by atoms with Gasteiger partial charge in [0.2, 0.25) is 0 Å². The van der Waals surface area contributed by atoms with Crippen LogP contribution in [0.3, 0.4) is 0 Å². The molecule has 1 aliphatic heterocycles. The van der Waals surface area contributed by atoms with Crippen LogP contribution in [0.25, 0.3) is 0 Å². The van der Waals surface area contributed by atoms with Crippen LogP contribution in [-0.2, 0) is 13.1 Å². The van der Waals surface area contributed by atoms with Crippen LogP contribution in [0.1, 0.15) is 11.1 Å². The first-order chi connectivity index (χ1) is 4.88. The van der Waals surface area contributed by atoms with Gasteiger partial charge in [-0.15, -0.1) is 0 Å². The minimum atomic E-state index is -0.112. The molecular weight excluding hydrogens is 129 g/mol. The maximum atomic E-state index is 12.8. The molecule has 0 aromatic heterocycles. The fraction of sp³-hybridized carbons (Fsp3) is 0.250. The molecule has 2 rings (SSSR count). The van der Waals surface area contributed by atoms with Gasteiger partial charge in [0.25, 0.3) is 0 Å². The Balaban J connectivity index is 2.59. The third-order valence-electron chi connectivity index (χ3n) is 1.77. The molecule has 0 saturated carbocycles. The third-order valence-corrected chi connectivity index (χ3v) is 1.77. The average Bonchev–Trinajstić information content (AvgIpc) is 2.36. The molecule has 1 aromatic rings. The fourth-order valence-corrected chi connectivity index (χ4v) is 1.22. The van der Waals surface area contributed by atoms with Gasteiger partial charge in [-0.2, -0.15) is 0 Å². The summed E-state index contributed by atoms with van der Waals surface area (Å²) in [5.74, 6) is -0.112. The van der Waals surface area contributed by atoms with Gasteiger partial charge in [-0.1, -0.05) is 12.1 Å². The fourth-order valence-electron chi connectivity index (χ4n) is 1.22. The predicted octanol–water partition coefficient (Wildman–Crippen LogP) is 1.44. The molecule has 1 heterocycles. The zero-order valence-electron chi connectivity index (χ0n) is 5.47. The highest BCUT2D eigenvalue weighted by Crippen LogP contribution is 2.18. The molecule has 0 unspecified atom stereocenters. The highest BCUT2D eigenvalue weighted by atomic mass is 19.1. The van der Waals surface area contributed by atoms with Gasteiger partial charge < -0.3 is 0 Å². The predicted molar refractivity (Wildman–Crippen MR) is 35.9 cm³/mol. The van der Waals surface area contributed by atoms with Crippen molar-refractivity contribution in [3.63, 3.8) is 0 Å². The Morgan fingerprint density at radius 1 is 1.30 bits per heavy atom. The largest absolute Gasteiger partial charge is 0.232 e. The van der Waals surface area contributed by atoms with Crippen molar-refractivity contribution in [2.75, 3.05) is 0 Å². The molecule has 10 heavy (non-hydrogen) atoms. The summed E-state index contributed by atoms with van der Waals surface area (Å²) in [5.41, 5.74) is 1.82. The number of rotatable bonds is 0. The summed E-state index contributed by atoms with van der Waals surface area (Å²) >= 11 is 0. The quantitative estimate of drug-likeness (QED) is 0.512. The Labute approximate surface area is 58.9 Å². The minimum absolute atomic E-state index is 0.112. The smallest absolute Gasteiger partial charge is 0.128 e. The highest BCUT2D eigenvalue weighted by Gasteiger charge is 2.13. The average molecular weight is 136 g/mol. The number of halogens is 1. The van der Waals surface area contributed by atoms with Crippen molar-refractivity contribution >= 4 is 0 Å². The number of benzene rings is 1. The van der Waals surface area contributed by atoms with E-state index in [4.69, 9.17) is 0 Å². The monoisotopic (exact) mass is 136 g/mol. The molecular formula is C8H7FN. The van der Waals surface area contributed by atoms with Crippen molar-refractivity contribution in [1.29, 1.82) is 0 Å². The van der Waals surface area contributed by atoms with E-state index in [0.717, 1.165) is 11.1 Å². The first-order valence-electron chi connectivity index (χ1n) is 3.27. The van der Waals surface area contributed by atoms with Gasteiger partial charge >= 0.3 is 0 Å². The van der Waals surface area contributed by atoms with E-state index in [1.165, 1.54) is 6.07 Å². The molecule has 0 amide bonds. The normalized spacial score (nSPS) is 15.3. The summed E-state index contributed by atoms with van der Waals surface area (Å²) in [4.78, 5) is 0. The summed E-state index contributed by atoms with van der Waals surface area (Å²) in [6, 6.07) is 5.14. The number of fused-ring (bicyclic) bond motifs is 1. The van der Waals surface area contributed by atoms with Crippen molar-refractivity contribution in [1.82, 2.24) is 5.32 Å². The Morgan fingerprint density at radius 3 is 3.00 bits per heavy atom. The van der Waals surface area contributed by atoms with Crippen LogP contribution in [0, 0.1) is 5.82 Å². The van der Waals surface area contributed by atoms with E-state index in [9.17, 15) is 4.39 Å². The first-order valence-corrected chi connectivity index (χ1v) is 3.27. The molecule has 0 atom stereocenters. The van der Waals surface area contributed by atoms with Crippen molar-refractivity contribution in [2.24, 2.45) is 0 Å². The lowest BCUT2D eigenvalue weighted by molar-refractivity contribution is 0.607. The van der Waals surface area contributed by atoms with Gasteiger partial charge in [0.15, 0.2) is 0 Å². The molecule has 2 heteroatoms. The van der Waals surface area contributed by atoms with Crippen LogP contribution in [0.15, 0.2) is 18.2 Å². The van der Waals surface area contributed by atoms with E-state index in [1.54, 1.807) is 6.07 Å². The van der Waals surface area contributed by atoms with Crippen molar-refractivity contribution < 1.29 is 4.39 Å². The van der Waals surface area contributed by atoms with Gasteiger partial charge in [-0.25, -0.2) is 9.71 Å². The Hall–Kier alpha value is -0.890. The van der Waals surface area contributed by atoms with Gasteiger partial charge in [-0.05, 0) is 11.6 Å². The van der Waals surface area contributed by atoms with E-state index in [2.05, 4.69) is 5.32 Å². The van der Waals surface area contributed by atoms with Gasteiger partial charge in [0.1, 0.15) is 5.82 Å². The SMILES string of the molecule is Fc1cccc2c1C[N]C2. The second-order valence-corrected chi connectivity index (χ2v) is 2.42. The molecule has 0 N–H and O–H groups in total. The van der Waals surface area contributed by atoms with Crippen LogP contribution in [0.4, 0.5) is 4.39 Å². The van der Waals surface area contributed by atoms with E-state index in [0.29, 0.717) is 13.1 Å². The van der Waals surface area contributed by atoms with Crippen molar-refractivity contribution in [2.45, 2.75) is 13.1 Å². The standard InChI is InChI=1S/C8H7FN/c9-8-3-1-2-6-4-10-5-7(6)8/h1-3H,4-5H2. The Morgan fingerprint density at radius 2 is 2.20 bits per heavy atom. The summed E-state index contributed by atoms with van der Waals surface area (Å²) in [7, 11) is 0. The molecule has 1 radical (unpaired) electrons. The number of nitrogens with zero attached hydrogens (tertiary/aromatic N) is 1. The Kier molecular flexibility index (Phi) is 1.21. The molecule has 0 fully saturated rings. The molecule has 1 nitrogen and oxygen atoms in total. The third kappa shape index (κ3) is 0.727. The van der Waals surface area contributed by atoms with Crippen LogP contribution in [0.5, 0.6) is 0 Å². The van der Waals surface area contributed by atoms with E-state index in [-0.39, 0.29) is 5.82 Å². The van der Waals surface area contributed by atoms with Crippen LogP contribution in [-0.4, -0.2) is 0 Å². The van der Waals surface area contributed by atoms with Crippen molar-refractivity contribution in [3.05, 3.63) is 35.1 Å². The second kappa shape index (κ2) is 2.06. The highest BCUT2D eigenvalue weighted by molar-refractivity contribution is 5.31. The molecule has 0 aliphatic carbocycles. The summed E-state index contributed by atoms with van der Waals surface area (Å²) < 4.78 is 12.8. The lowest BCUT2D eigenvalue weighted by Gasteiger charge is -1.95. The van der Waals surface area contributed by atoms with Gasteiger partial charge in [0, 0.05) is 18.7 Å². The molecule has 51 valence electrons. The zero-order valence-corrected chi connectivity index (χ0v) is 5.47. The summed E-state index contributed by atoms with van der Waals surface area (Å²) in [6.07, 6.45) is 0. The summed E-state index contributed by atoms with van der Waals surface area (Å²) in [6.45, 7) is 1.25. The van der Waals surface area contributed by atoms with Gasteiger partial charge in [-0.3, -0.25) is 0 Å². The first kappa shape index (κ1) is 5.86. The number of hydrogen-bond acceptors (Lipinski definition) is 0. The molecule has 0 saturated heterocycles. The van der Waals surface area contributed by atoms with Crippen LogP contribution in [0.2, 0.25) is 0 Å². The summed E-state index contributed by atoms with van der Waals surface area (Å²) in [5, 5.41) is 4.07. The molecule has 1 aliphatic rings. The lowest BCUT2D eigenvalue weighted by Crippen LogP contribution is -1.90. The minimum Gasteiger partial charge on any atom is -0.232 e. The van der Waals surface area contributed by atoms with E-state index < -0.39 is 0 Å². The number of hydrogen-bond donors (Lipinski definition) is 0. The molecule has 0 spiro atoms. The van der Waals surface area contributed by atoms with Crippen LogP contribution >= 0.6 is 0 Å². The van der Waals surface area contributed by atoms with E-state index >= 15 is 0 Å². The maximum Gasteiger partial charge on any atom is 0.128 e. The second-order valence-electron chi connectivity index (χ2n) is 2.42. The maximum absolute atomic E-state index is 12.8.